The number of ether oxygens (including phenoxy) is 4. The van der Waals surface area contributed by atoms with Crippen molar-refractivity contribution in [3.63, 3.8) is 0 Å². The van der Waals surface area contributed by atoms with Crippen LogP contribution >= 0.6 is 11.6 Å². The molecule has 31 heavy (non-hydrogen) atoms. The average Bonchev–Trinajstić information content (AvgIpc) is 2.60. The quantitative estimate of drug-likeness (QED) is 0.618. The molecule has 0 radical (unpaired) electrons. The summed E-state index contributed by atoms with van der Waals surface area (Å²) < 4.78 is 57.3. The largest absolute Gasteiger partial charge is 0.573 e. The van der Waals surface area contributed by atoms with Crippen molar-refractivity contribution in [2.45, 2.75) is 38.3 Å². The molecule has 1 fully saturated rings. The minimum Gasteiger partial charge on any atom is -0.457 e. The number of halogens is 4. The minimum absolute atomic E-state index is 0.0136. The van der Waals surface area contributed by atoms with Gasteiger partial charge in [0.2, 0.25) is 0 Å². The SMILES string of the molecule is CC(C)(C)OC(=O)c1ccc(Oc2ccc(OC(F)(F)F)c(Cl)c2)c(C2(O)COC2)c1. The number of hydrogen-bond donors (Lipinski definition) is 1. The Balaban J connectivity index is 1.90. The lowest BCUT2D eigenvalue weighted by molar-refractivity contribution is -0.274. The highest BCUT2D eigenvalue weighted by Crippen LogP contribution is 2.40. The molecule has 2 aromatic carbocycles. The van der Waals surface area contributed by atoms with Gasteiger partial charge in [-0.1, -0.05) is 11.6 Å². The average molecular weight is 461 g/mol. The summed E-state index contributed by atoms with van der Waals surface area (Å²) in [5, 5.41) is 10.5. The molecule has 2 aromatic rings. The fourth-order valence-electron chi connectivity index (χ4n) is 2.78. The Morgan fingerprint density at radius 3 is 2.26 bits per heavy atom. The second kappa shape index (κ2) is 8.22. The van der Waals surface area contributed by atoms with Gasteiger partial charge in [0.25, 0.3) is 0 Å². The van der Waals surface area contributed by atoms with Gasteiger partial charge in [0.05, 0.1) is 23.8 Å². The molecule has 0 spiro atoms. The number of alkyl halides is 3. The third-order valence-corrected chi connectivity index (χ3v) is 4.45. The summed E-state index contributed by atoms with van der Waals surface area (Å²) in [7, 11) is 0. The number of benzene rings is 2. The van der Waals surface area contributed by atoms with Crippen molar-refractivity contribution in [3.05, 3.63) is 52.5 Å². The van der Waals surface area contributed by atoms with Crippen LogP contribution in [-0.4, -0.2) is 36.3 Å². The summed E-state index contributed by atoms with van der Waals surface area (Å²) in [4.78, 5) is 12.4. The van der Waals surface area contributed by atoms with Crippen LogP contribution in [0, 0.1) is 0 Å². The van der Waals surface area contributed by atoms with E-state index in [1.165, 1.54) is 24.3 Å². The fourth-order valence-corrected chi connectivity index (χ4v) is 2.99. The predicted molar refractivity (Wildman–Crippen MR) is 105 cm³/mol. The molecular weight excluding hydrogens is 441 g/mol. The van der Waals surface area contributed by atoms with Gasteiger partial charge in [-0.2, -0.15) is 0 Å². The Kier molecular flexibility index (Phi) is 6.14. The van der Waals surface area contributed by atoms with E-state index in [1.54, 1.807) is 20.8 Å². The molecule has 0 aliphatic carbocycles. The van der Waals surface area contributed by atoms with Crippen LogP contribution in [0.25, 0.3) is 0 Å². The lowest BCUT2D eigenvalue weighted by Crippen LogP contribution is -2.46. The normalized spacial score (nSPS) is 15.7. The van der Waals surface area contributed by atoms with Gasteiger partial charge in [-0.15, -0.1) is 13.2 Å². The first kappa shape index (κ1) is 23.2. The van der Waals surface area contributed by atoms with Crippen molar-refractivity contribution in [1.82, 2.24) is 0 Å². The maximum absolute atomic E-state index is 12.4. The van der Waals surface area contributed by atoms with Gasteiger partial charge < -0.3 is 24.1 Å². The second-order valence-electron chi connectivity index (χ2n) is 7.98. The smallest absolute Gasteiger partial charge is 0.457 e. The summed E-state index contributed by atoms with van der Waals surface area (Å²) >= 11 is 5.86. The van der Waals surface area contributed by atoms with Crippen LogP contribution in [0.2, 0.25) is 5.02 Å². The third-order valence-electron chi connectivity index (χ3n) is 4.15. The molecule has 0 atom stereocenters. The molecule has 1 heterocycles. The van der Waals surface area contributed by atoms with E-state index < -0.39 is 29.3 Å². The summed E-state index contributed by atoms with van der Waals surface area (Å²) in [6.07, 6.45) is -4.88. The molecule has 1 aliphatic heterocycles. The number of esters is 1. The molecule has 0 aromatic heterocycles. The molecule has 0 bridgehead atoms. The maximum Gasteiger partial charge on any atom is 0.573 e. The van der Waals surface area contributed by atoms with Gasteiger partial charge in [-0.05, 0) is 51.1 Å². The number of hydrogen-bond acceptors (Lipinski definition) is 6. The monoisotopic (exact) mass is 460 g/mol. The molecule has 3 rings (SSSR count). The molecule has 0 unspecified atom stereocenters. The van der Waals surface area contributed by atoms with Crippen LogP contribution in [0.3, 0.4) is 0 Å². The van der Waals surface area contributed by atoms with Crippen LogP contribution in [0.5, 0.6) is 17.2 Å². The zero-order chi connectivity index (χ0) is 23.0. The number of aliphatic hydroxyl groups is 1. The highest BCUT2D eigenvalue weighted by molar-refractivity contribution is 6.32. The van der Waals surface area contributed by atoms with Gasteiger partial charge in [-0.25, -0.2) is 4.79 Å². The zero-order valence-corrected chi connectivity index (χ0v) is 17.6. The number of carbonyl (C=O) groups excluding carboxylic acids is 1. The molecule has 0 amide bonds. The van der Waals surface area contributed by atoms with Gasteiger partial charge >= 0.3 is 12.3 Å². The first-order valence-electron chi connectivity index (χ1n) is 9.17. The van der Waals surface area contributed by atoms with Crippen LogP contribution in [0.1, 0.15) is 36.7 Å². The van der Waals surface area contributed by atoms with Gasteiger partial charge in [0.15, 0.2) is 0 Å². The van der Waals surface area contributed by atoms with Crippen LogP contribution in [0.15, 0.2) is 36.4 Å². The van der Waals surface area contributed by atoms with E-state index in [0.717, 1.165) is 12.1 Å². The molecule has 168 valence electrons. The highest BCUT2D eigenvalue weighted by atomic mass is 35.5. The highest BCUT2D eigenvalue weighted by Gasteiger charge is 2.41. The van der Waals surface area contributed by atoms with E-state index in [-0.39, 0.29) is 40.9 Å². The van der Waals surface area contributed by atoms with Gasteiger partial charge in [0, 0.05) is 11.6 Å². The second-order valence-corrected chi connectivity index (χ2v) is 8.39. The van der Waals surface area contributed by atoms with Crippen LogP contribution in [0.4, 0.5) is 13.2 Å². The first-order valence-corrected chi connectivity index (χ1v) is 9.55. The molecule has 0 saturated carbocycles. The van der Waals surface area contributed by atoms with E-state index in [4.69, 9.17) is 25.8 Å². The van der Waals surface area contributed by atoms with E-state index in [0.29, 0.717) is 0 Å². The fraction of sp³-hybridized carbons (Fsp3) is 0.381. The summed E-state index contributed by atoms with van der Waals surface area (Å²) in [5.74, 6) is -0.873. The summed E-state index contributed by atoms with van der Waals surface area (Å²) in [6, 6.07) is 7.75. The lowest BCUT2D eigenvalue weighted by Gasteiger charge is -2.37. The Morgan fingerprint density at radius 1 is 1.10 bits per heavy atom. The topological polar surface area (TPSA) is 74.2 Å². The zero-order valence-electron chi connectivity index (χ0n) is 16.9. The van der Waals surface area contributed by atoms with Crippen LogP contribution in [-0.2, 0) is 15.1 Å². The Morgan fingerprint density at radius 2 is 1.74 bits per heavy atom. The molecule has 6 nitrogen and oxygen atoms in total. The van der Waals surface area contributed by atoms with E-state index in [2.05, 4.69) is 4.74 Å². The molecule has 1 aliphatic rings. The summed E-state index contributed by atoms with van der Waals surface area (Å²) in [6.45, 7) is 5.16. The Labute approximate surface area is 181 Å². The Bertz CT molecular complexity index is 980. The van der Waals surface area contributed by atoms with Gasteiger partial charge in [0.1, 0.15) is 28.5 Å². The summed E-state index contributed by atoms with van der Waals surface area (Å²) in [5.41, 5.74) is -1.63. The van der Waals surface area contributed by atoms with E-state index in [9.17, 15) is 23.1 Å². The Hall–Kier alpha value is -2.49. The van der Waals surface area contributed by atoms with Crippen molar-refractivity contribution in [1.29, 1.82) is 0 Å². The number of carbonyl (C=O) groups is 1. The lowest BCUT2D eigenvalue weighted by atomic mass is 9.90. The molecule has 1 saturated heterocycles. The molecule has 1 N–H and O–H groups in total. The standard InChI is InChI=1S/C21H20ClF3O6/c1-19(2,3)31-18(26)12-4-6-16(14(8-12)20(27)10-28-11-20)29-13-5-7-17(15(22)9-13)30-21(23,24)25/h4-9,27H,10-11H2,1-3H3. The minimum atomic E-state index is -4.88. The predicted octanol–water partition coefficient (Wildman–Crippen LogP) is 5.20. The van der Waals surface area contributed by atoms with Crippen LogP contribution < -0.4 is 9.47 Å². The van der Waals surface area contributed by atoms with E-state index in [1.807, 2.05) is 0 Å². The van der Waals surface area contributed by atoms with Gasteiger partial charge in [-0.3, -0.25) is 0 Å². The molecule has 10 heteroatoms. The number of rotatable bonds is 5. The third kappa shape index (κ3) is 5.81. The first-order chi connectivity index (χ1) is 14.3. The maximum atomic E-state index is 12.4. The van der Waals surface area contributed by atoms with Crippen molar-refractivity contribution >= 4 is 17.6 Å². The molecular formula is C21H20ClF3O6. The van der Waals surface area contributed by atoms with Crippen molar-refractivity contribution < 1.29 is 42.0 Å². The van der Waals surface area contributed by atoms with E-state index >= 15 is 0 Å². The van der Waals surface area contributed by atoms with Crippen molar-refractivity contribution in [3.8, 4) is 17.2 Å². The van der Waals surface area contributed by atoms with Crippen molar-refractivity contribution in [2.75, 3.05) is 13.2 Å². The van der Waals surface area contributed by atoms with Crippen molar-refractivity contribution in [2.24, 2.45) is 0 Å².